The van der Waals surface area contributed by atoms with Crippen LogP contribution in [-0.4, -0.2) is 29.8 Å². The van der Waals surface area contributed by atoms with Crippen LogP contribution in [0.25, 0.3) is 55.0 Å². The molecule has 1 fully saturated rings. The molecule has 0 spiro atoms. The van der Waals surface area contributed by atoms with Crippen molar-refractivity contribution in [3.63, 3.8) is 0 Å². The number of hydrogen-bond donors (Lipinski definition) is 2. The number of fused-ring (bicyclic) bond motifs is 7. The number of aromatic hydroxyl groups is 2. The standard InChI is InChI=1S/C54H58N2O2S2.Ti/c1-53(2,3)37-29-35(51(57)47(31-37)55-43-23-15-11-19-39(43)40-20-12-16-24-44(40)55)33-59-49-27-9-7-8-10-28-50(49)60-34-36-30-38(54(4,5)6)32-48(52(36)58)56-45-25-17-13-21-41(45)42-22-14-18-26-46(42)56;/h11-26,29-32,49-50,57-58H,7-10,27-28,33-34H2,1-6H3;/t49-,50-;/m0./s1. The second kappa shape index (κ2) is 15.9. The number of benzene rings is 6. The van der Waals surface area contributed by atoms with Crippen LogP contribution in [0.15, 0.2) is 121 Å². The minimum absolute atomic E-state index is 0.0816. The van der Waals surface area contributed by atoms with Gasteiger partial charge in [0.15, 0.2) is 0 Å². The Morgan fingerprint density at radius 2 is 0.820 bits per heavy atom. The zero-order chi connectivity index (χ0) is 42.2. The zero-order valence-electron chi connectivity index (χ0n) is 36.5. The maximum atomic E-state index is 12.6. The molecule has 0 amide bonds. The predicted molar refractivity (Wildman–Crippen MR) is 260 cm³/mol. The molecule has 6 aromatic carbocycles. The molecular weight excluding hydrogens is 821 g/mol. The summed E-state index contributed by atoms with van der Waals surface area (Å²) in [6, 6.07) is 43.8. The summed E-state index contributed by atoms with van der Waals surface area (Å²) in [5.74, 6) is 2.79. The summed E-state index contributed by atoms with van der Waals surface area (Å²) in [7, 11) is 0.416. The molecule has 1 saturated carbocycles. The van der Waals surface area contributed by atoms with E-state index in [0.717, 1.165) is 56.1 Å². The molecular formula is C54H58N2O2S2Ti. The van der Waals surface area contributed by atoms with Gasteiger partial charge in [0.2, 0.25) is 0 Å². The van der Waals surface area contributed by atoms with Crippen LogP contribution in [-0.2, 0) is 37.8 Å². The van der Waals surface area contributed by atoms with Gasteiger partial charge in [-0.1, -0.05) is 0 Å². The van der Waals surface area contributed by atoms with E-state index in [0.29, 0.717) is 22.0 Å². The summed E-state index contributed by atoms with van der Waals surface area (Å²) >= 11 is -0.418. The van der Waals surface area contributed by atoms with E-state index in [9.17, 15) is 10.2 Å². The Balaban J connectivity index is 1.13. The third kappa shape index (κ3) is 7.34. The molecule has 0 radical (unpaired) electrons. The Kier molecular flexibility index (Phi) is 10.7. The van der Waals surface area contributed by atoms with E-state index in [4.69, 9.17) is 0 Å². The molecule has 1 aliphatic carbocycles. The van der Waals surface area contributed by atoms with Crippen molar-refractivity contribution in [3.05, 3.63) is 144 Å². The third-order valence-corrected chi connectivity index (χ3v) is 29.3. The Hall–Kier alpha value is -4.07. The van der Waals surface area contributed by atoms with Gasteiger partial charge in [0, 0.05) is 0 Å². The van der Waals surface area contributed by atoms with Crippen molar-refractivity contribution in [1.29, 1.82) is 0 Å². The normalized spacial score (nSPS) is 19.8. The molecule has 2 unspecified atom stereocenters. The fourth-order valence-electron chi connectivity index (χ4n) is 10.1. The van der Waals surface area contributed by atoms with E-state index in [1.807, 2.05) is 0 Å². The predicted octanol–water partition coefficient (Wildman–Crippen LogP) is 15.1. The van der Waals surface area contributed by atoms with E-state index in [2.05, 4.69) is 172 Å². The molecule has 61 heavy (non-hydrogen) atoms. The van der Waals surface area contributed by atoms with E-state index < -0.39 is 15.5 Å². The van der Waals surface area contributed by atoms with Crippen molar-refractivity contribution in [2.24, 2.45) is 0 Å². The number of phenolic OH excluding ortho intramolecular Hbond substituents is 2. The van der Waals surface area contributed by atoms with Crippen LogP contribution in [0.2, 0.25) is 0 Å². The first-order valence-corrected chi connectivity index (χ1v) is 29.0. The molecule has 3 heterocycles. The van der Waals surface area contributed by atoms with Crippen molar-refractivity contribution in [2.75, 3.05) is 0 Å². The van der Waals surface area contributed by atoms with E-state index in [1.165, 1.54) is 71.2 Å². The second-order valence-electron chi connectivity index (χ2n) is 19.5. The SMILES string of the molecule is CC(C)(C)c1cc(C[S]2=[Ti]=[S](Cc3cc(C(C)(C)C)cc(-n4c5ccccc5c5ccccc54)c3O)[C@H]3CCCCCC[C@@H]32)c(O)c(-n2c3ccccc3c3ccccc32)c1. The number of hydrogen-bond acceptors (Lipinski definition) is 2. The van der Waals surface area contributed by atoms with Crippen LogP contribution >= 0.6 is 15.9 Å². The molecule has 1 aliphatic heterocycles. The van der Waals surface area contributed by atoms with Crippen LogP contribution in [0.5, 0.6) is 11.5 Å². The topological polar surface area (TPSA) is 50.3 Å². The summed E-state index contributed by atoms with van der Waals surface area (Å²) in [5.41, 5.74) is 10.9. The van der Waals surface area contributed by atoms with Crippen molar-refractivity contribution in [3.8, 4) is 22.9 Å². The van der Waals surface area contributed by atoms with Gasteiger partial charge in [-0.25, -0.2) is 0 Å². The molecule has 4 nitrogen and oxygen atoms in total. The van der Waals surface area contributed by atoms with Gasteiger partial charge in [-0.3, -0.25) is 0 Å². The third-order valence-electron chi connectivity index (χ3n) is 13.4. The Morgan fingerprint density at radius 3 is 1.15 bits per heavy atom. The quantitative estimate of drug-likeness (QED) is 0.164. The summed E-state index contributed by atoms with van der Waals surface area (Å²) in [4.78, 5) is 0. The van der Waals surface area contributed by atoms with Crippen LogP contribution in [0.1, 0.15) is 102 Å². The first-order chi connectivity index (χ1) is 29.4. The van der Waals surface area contributed by atoms with Crippen molar-refractivity contribution >= 4 is 59.5 Å². The Morgan fingerprint density at radius 1 is 0.492 bits per heavy atom. The number of aromatic nitrogens is 2. The summed E-state index contributed by atoms with van der Waals surface area (Å²) in [5, 5.41) is 31.4. The van der Waals surface area contributed by atoms with Crippen molar-refractivity contribution in [1.82, 2.24) is 9.13 Å². The number of phenols is 2. The van der Waals surface area contributed by atoms with Gasteiger partial charge in [-0.15, -0.1) is 0 Å². The van der Waals surface area contributed by atoms with Gasteiger partial charge >= 0.3 is 374 Å². The molecule has 2 N–H and O–H groups in total. The van der Waals surface area contributed by atoms with Gasteiger partial charge in [-0.2, -0.15) is 0 Å². The summed E-state index contributed by atoms with van der Waals surface area (Å²) in [6.07, 6.45) is 7.84. The average molecular weight is 879 g/mol. The average Bonchev–Trinajstić information content (AvgIpc) is 3.85. The second-order valence-corrected chi connectivity index (χ2v) is 31.0. The molecule has 10 rings (SSSR count). The molecule has 2 aromatic heterocycles. The van der Waals surface area contributed by atoms with Gasteiger partial charge < -0.3 is 0 Å². The van der Waals surface area contributed by atoms with Gasteiger partial charge in [-0.05, 0) is 0 Å². The number of rotatable bonds is 6. The van der Waals surface area contributed by atoms with Crippen molar-refractivity contribution in [2.45, 2.75) is 113 Å². The van der Waals surface area contributed by atoms with Crippen LogP contribution < -0.4 is 0 Å². The van der Waals surface area contributed by atoms with Crippen LogP contribution in [0, 0.1) is 0 Å². The van der Waals surface area contributed by atoms with Gasteiger partial charge in [0.25, 0.3) is 0 Å². The summed E-state index contributed by atoms with van der Waals surface area (Å²) in [6.45, 7) is 13.8. The molecule has 4 atom stereocenters. The van der Waals surface area contributed by atoms with Crippen molar-refractivity contribution < 1.29 is 25.7 Å². The molecule has 0 bridgehead atoms. The van der Waals surface area contributed by atoms with Crippen LogP contribution in [0.4, 0.5) is 0 Å². The van der Waals surface area contributed by atoms with Gasteiger partial charge in [0.05, 0.1) is 0 Å². The maximum absolute atomic E-state index is 12.6. The molecule has 2 aliphatic rings. The fourth-order valence-corrected chi connectivity index (χ4v) is 30.9. The van der Waals surface area contributed by atoms with Crippen LogP contribution in [0.3, 0.4) is 0 Å². The Labute approximate surface area is 371 Å². The summed E-state index contributed by atoms with van der Waals surface area (Å²) < 4.78 is 4.63. The van der Waals surface area contributed by atoms with E-state index >= 15 is 0 Å². The zero-order valence-corrected chi connectivity index (χ0v) is 39.7. The molecule has 8 aromatic rings. The number of nitrogens with zero attached hydrogens (tertiary/aromatic N) is 2. The first-order valence-electron chi connectivity index (χ1n) is 22.2. The molecule has 7 heteroatoms. The van der Waals surface area contributed by atoms with E-state index in [1.54, 1.807) is 0 Å². The molecule has 312 valence electrons. The van der Waals surface area contributed by atoms with E-state index in [-0.39, 0.29) is 26.8 Å². The number of para-hydroxylation sites is 4. The van der Waals surface area contributed by atoms with Gasteiger partial charge in [0.1, 0.15) is 0 Å². The molecule has 0 saturated heterocycles. The minimum atomic E-state index is -0.418. The Bertz CT molecular complexity index is 2790. The monoisotopic (exact) mass is 878 g/mol. The fraction of sp³-hybridized carbons (Fsp3) is 0.333. The first kappa shape index (κ1) is 41.0.